The summed E-state index contributed by atoms with van der Waals surface area (Å²) in [5.74, 6) is 1.37. The minimum Gasteiger partial charge on any atom is -0.332 e. The van der Waals surface area contributed by atoms with Gasteiger partial charge in [0.2, 0.25) is 0 Å². The summed E-state index contributed by atoms with van der Waals surface area (Å²) in [5, 5.41) is 6.45. The number of urea groups is 1. The summed E-state index contributed by atoms with van der Waals surface area (Å²) >= 11 is 1.94. The van der Waals surface area contributed by atoms with Crippen molar-refractivity contribution in [2.75, 3.05) is 5.75 Å². The molecule has 2 aliphatic heterocycles. The molecule has 2 aliphatic rings. The molecule has 110 valence electrons. The molecule has 0 bridgehead atoms. The number of fused-ring (bicyclic) bond motifs is 1. The number of rotatable bonds is 6. The molecule has 2 rings (SSSR count). The molecule has 3 unspecified atom stereocenters. The Balaban J connectivity index is 0.000000861. The molecule has 2 saturated heterocycles. The summed E-state index contributed by atoms with van der Waals surface area (Å²) in [6.45, 7) is 5.92. The highest BCUT2D eigenvalue weighted by Gasteiger charge is 2.42. The van der Waals surface area contributed by atoms with Crippen molar-refractivity contribution in [2.24, 2.45) is 0 Å². The van der Waals surface area contributed by atoms with Crippen LogP contribution in [0, 0.1) is 0 Å². The van der Waals surface area contributed by atoms with Crippen molar-refractivity contribution in [1.29, 1.82) is 0 Å². The van der Waals surface area contributed by atoms with Crippen molar-refractivity contribution in [3.05, 3.63) is 0 Å². The first-order valence-electron chi connectivity index (χ1n) is 7.41. The molecule has 3 atom stereocenters. The van der Waals surface area contributed by atoms with Crippen molar-refractivity contribution in [2.45, 2.75) is 70.2 Å². The van der Waals surface area contributed by atoms with Crippen molar-refractivity contribution >= 4 is 23.6 Å². The van der Waals surface area contributed by atoms with Crippen LogP contribution in [0.15, 0.2) is 0 Å². The Hall–Kier alpha value is -0.710. The summed E-state index contributed by atoms with van der Waals surface area (Å²) in [6, 6.07) is 0.593. The molecule has 5 heteroatoms. The number of hydrogen-bond acceptors (Lipinski definition) is 3. The molecular formula is C14H26N2O2S. The lowest BCUT2D eigenvalue weighted by Gasteiger charge is -2.16. The first kappa shape index (κ1) is 16.3. The molecule has 0 aromatic carbocycles. The van der Waals surface area contributed by atoms with Crippen LogP contribution in [0.1, 0.15) is 52.9 Å². The first-order valence-corrected chi connectivity index (χ1v) is 8.46. The van der Waals surface area contributed by atoms with Gasteiger partial charge in [0.25, 0.3) is 0 Å². The average molecular weight is 286 g/mol. The Morgan fingerprint density at radius 2 is 2.05 bits per heavy atom. The lowest BCUT2D eigenvalue weighted by atomic mass is 10.0. The third kappa shape index (κ3) is 4.71. The van der Waals surface area contributed by atoms with Crippen LogP contribution in [0.3, 0.4) is 0 Å². The minimum atomic E-state index is -0.0218. The molecule has 0 saturated carbocycles. The van der Waals surface area contributed by atoms with Crippen LogP contribution in [0.5, 0.6) is 0 Å². The quantitative estimate of drug-likeness (QED) is 0.583. The number of unbranched alkanes of at least 4 members (excludes halogenated alkanes) is 1. The Morgan fingerprint density at radius 1 is 1.32 bits per heavy atom. The second-order valence-electron chi connectivity index (χ2n) is 4.76. The zero-order valence-electron chi connectivity index (χ0n) is 12.2. The summed E-state index contributed by atoms with van der Waals surface area (Å²) < 4.78 is 0. The molecule has 0 aromatic heterocycles. The fourth-order valence-electron chi connectivity index (χ4n) is 2.49. The Labute approximate surface area is 120 Å². The van der Waals surface area contributed by atoms with Crippen LogP contribution in [0.4, 0.5) is 4.79 Å². The highest BCUT2D eigenvalue weighted by molar-refractivity contribution is 8.00. The van der Waals surface area contributed by atoms with Gasteiger partial charge in [-0.2, -0.15) is 11.8 Å². The van der Waals surface area contributed by atoms with E-state index in [9.17, 15) is 9.59 Å². The number of thioether (sulfide) groups is 1. The predicted molar refractivity (Wildman–Crippen MR) is 80.6 cm³/mol. The van der Waals surface area contributed by atoms with Gasteiger partial charge >= 0.3 is 6.03 Å². The normalized spacial score (nSPS) is 27.9. The van der Waals surface area contributed by atoms with Gasteiger partial charge in [0.05, 0.1) is 12.1 Å². The van der Waals surface area contributed by atoms with E-state index in [1.165, 1.54) is 0 Å². The van der Waals surface area contributed by atoms with E-state index < -0.39 is 0 Å². The number of hydrogen-bond donors (Lipinski definition) is 2. The summed E-state index contributed by atoms with van der Waals surface area (Å²) in [7, 11) is 0. The van der Waals surface area contributed by atoms with Gasteiger partial charge in [-0.15, -0.1) is 0 Å². The Morgan fingerprint density at radius 3 is 2.74 bits per heavy atom. The number of carbonyl (C=O) groups excluding carboxylic acids is 2. The molecule has 0 spiro atoms. The van der Waals surface area contributed by atoms with Crippen molar-refractivity contribution < 1.29 is 9.59 Å². The number of carbonyl (C=O) groups is 2. The van der Waals surface area contributed by atoms with Crippen LogP contribution in [0.2, 0.25) is 0 Å². The maximum atomic E-state index is 11.2. The van der Waals surface area contributed by atoms with Crippen LogP contribution < -0.4 is 10.6 Å². The van der Waals surface area contributed by atoms with E-state index in [-0.39, 0.29) is 6.03 Å². The van der Waals surface area contributed by atoms with Gasteiger partial charge < -0.3 is 10.6 Å². The summed E-state index contributed by atoms with van der Waals surface area (Å²) in [6.07, 6.45) is 4.55. The molecule has 4 nitrogen and oxygen atoms in total. The van der Waals surface area contributed by atoms with E-state index >= 15 is 0 Å². The smallest absolute Gasteiger partial charge is 0.315 e. The third-order valence-electron chi connectivity index (χ3n) is 3.53. The van der Waals surface area contributed by atoms with Crippen LogP contribution >= 0.6 is 11.8 Å². The summed E-state index contributed by atoms with van der Waals surface area (Å²) in [5.41, 5.74) is 0. The Bertz CT molecular complexity index is 310. The number of ketones is 1. The minimum absolute atomic E-state index is 0.0218. The van der Waals surface area contributed by atoms with E-state index in [2.05, 4.69) is 10.6 Å². The average Bonchev–Trinajstić information content (AvgIpc) is 2.96. The Kier molecular flexibility index (Phi) is 7.28. The van der Waals surface area contributed by atoms with E-state index in [0.29, 0.717) is 36.0 Å². The molecule has 2 heterocycles. The van der Waals surface area contributed by atoms with Gasteiger partial charge in [0.15, 0.2) is 0 Å². The number of Topliss-reactive ketones (excluding diaryl/α,β-unsaturated/α-hetero) is 1. The lowest BCUT2D eigenvalue weighted by Crippen LogP contribution is -2.36. The van der Waals surface area contributed by atoms with Gasteiger partial charge in [-0.25, -0.2) is 4.79 Å². The zero-order valence-corrected chi connectivity index (χ0v) is 13.0. The lowest BCUT2D eigenvalue weighted by molar-refractivity contribution is -0.118. The number of nitrogens with one attached hydrogen (secondary N) is 2. The highest BCUT2D eigenvalue weighted by atomic mass is 32.2. The fourth-order valence-corrected chi connectivity index (χ4v) is 4.03. The third-order valence-corrected chi connectivity index (χ3v) is 5.04. The largest absolute Gasteiger partial charge is 0.332 e. The SMILES string of the molecule is CC.CCC(=O)CCCCC1SCC2NC(=O)NC21. The van der Waals surface area contributed by atoms with Gasteiger partial charge in [-0.1, -0.05) is 27.2 Å². The van der Waals surface area contributed by atoms with E-state index in [1.54, 1.807) is 0 Å². The second kappa shape index (κ2) is 8.46. The zero-order chi connectivity index (χ0) is 14.3. The number of amides is 2. The van der Waals surface area contributed by atoms with E-state index in [1.807, 2.05) is 32.5 Å². The molecule has 2 fully saturated rings. The second-order valence-corrected chi connectivity index (χ2v) is 6.03. The molecular weight excluding hydrogens is 260 g/mol. The van der Waals surface area contributed by atoms with Crippen LogP contribution in [-0.4, -0.2) is 34.9 Å². The van der Waals surface area contributed by atoms with E-state index in [4.69, 9.17) is 0 Å². The van der Waals surface area contributed by atoms with Crippen molar-refractivity contribution in [3.63, 3.8) is 0 Å². The van der Waals surface area contributed by atoms with Crippen LogP contribution in [-0.2, 0) is 4.79 Å². The monoisotopic (exact) mass is 286 g/mol. The standard InChI is InChI=1S/C12H20N2O2S.C2H6/c1-2-8(15)5-3-4-6-10-11-9(7-17-10)13-12(16)14-11;1-2/h9-11H,2-7H2,1H3,(H2,13,14,16);1-2H3. The van der Waals surface area contributed by atoms with E-state index in [0.717, 1.165) is 25.0 Å². The molecule has 0 aliphatic carbocycles. The molecule has 0 aromatic rings. The van der Waals surface area contributed by atoms with Gasteiger partial charge in [0.1, 0.15) is 5.78 Å². The highest BCUT2D eigenvalue weighted by Crippen LogP contribution is 2.33. The van der Waals surface area contributed by atoms with Crippen LogP contribution in [0.25, 0.3) is 0 Å². The van der Waals surface area contributed by atoms with Crippen molar-refractivity contribution in [3.8, 4) is 0 Å². The topological polar surface area (TPSA) is 58.2 Å². The fraction of sp³-hybridized carbons (Fsp3) is 0.857. The van der Waals surface area contributed by atoms with Crippen molar-refractivity contribution in [1.82, 2.24) is 10.6 Å². The predicted octanol–water partition coefficient (Wildman–Crippen LogP) is 2.72. The molecule has 2 N–H and O–H groups in total. The van der Waals surface area contributed by atoms with Gasteiger partial charge in [-0.3, -0.25) is 4.79 Å². The van der Waals surface area contributed by atoms with Gasteiger partial charge in [-0.05, 0) is 12.8 Å². The first-order chi connectivity index (χ1) is 9.20. The van der Waals surface area contributed by atoms with Gasteiger partial charge in [0, 0.05) is 23.8 Å². The molecule has 0 radical (unpaired) electrons. The molecule has 2 amide bonds. The maximum absolute atomic E-state index is 11.2. The molecule has 19 heavy (non-hydrogen) atoms. The maximum Gasteiger partial charge on any atom is 0.315 e. The summed E-state index contributed by atoms with van der Waals surface area (Å²) in [4.78, 5) is 22.3.